The summed E-state index contributed by atoms with van der Waals surface area (Å²) in [4.78, 5) is 12.9. The number of ether oxygens (including phenoxy) is 4. The molecule has 0 bridgehead atoms. The van der Waals surface area contributed by atoms with Crippen molar-refractivity contribution in [1.29, 1.82) is 0 Å². The zero-order valence-electron chi connectivity index (χ0n) is 21.3. The number of rotatable bonds is 5. The van der Waals surface area contributed by atoms with E-state index in [1.165, 1.54) is 38.5 Å². The van der Waals surface area contributed by atoms with Gasteiger partial charge in [0.05, 0.1) is 26.7 Å². The molecule has 0 aromatic heterocycles. The average molecular weight is 527 g/mol. The van der Waals surface area contributed by atoms with Crippen LogP contribution in [0.15, 0.2) is 42.5 Å². The van der Waals surface area contributed by atoms with Gasteiger partial charge >= 0.3 is 0 Å². The predicted molar refractivity (Wildman–Crippen MR) is 136 cm³/mol. The summed E-state index contributed by atoms with van der Waals surface area (Å²) in [5.74, 6) is -1.42. The summed E-state index contributed by atoms with van der Waals surface area (Å²) in [6.45, 7) is 3.66. The highest BCUT2D eigenvalue weighted by molar-refractivity contribution is 6.05. The number of phenolic OH excluding ortho intramolecular Hbond substituents is 3. The van der Waals surface area contributed by atoms with Crippen LogP contribution in [0.3, 0.4) is 0 Å². The summed E-state index contributed by atoms with van der Waals surface area (Å²) in [6, 6.07) is 10.2. The molecule has 10 heteroatoms. The minimum atomic E-state index is -1.67. The molecule has 2 unspecified atom stereocenters. The Labute approximate surface area is 219 Å². The topological polar surface area (TPSA) is 155 Å². The first-order valence-corrected chi connectivity index (χ1v) is 12.1. The van der Waals surface area contributed by atoms with E-state index >= 15 is 0 Å². The molecule has 0 saturated heterocycles. The minimum absolute atomic E-state index is 0.0242. The second-order valence-corrected chi connectivity index (χ2v) is 8.58. The van der Waals surface area contributed by atoms with Crippen LogP contribution in [-0.2, 0) is 0 Å². The largest absolute Gasteiger partial charge is 0.507 e. The fourth-order valence-electron chi connectivity index (χ4n) is 4.74. The maximum Gasteiger partial charge on any atom is 0.202 e. The molecule has 38 heavy (non-hydrogen) atoms. The zero-order chi connectivity index (χ0) is 27.7. The van der Waals surface area contributed by atoms with Gasteiger partial charge in [-0.1, -0.05) is 19.9 Å². The van der Waals surface area contributed by atoms with Crippen molar-refractivity contribution in [3.05, 3.63) is 64.7 Å². The number of carbonyl (C=O) groups excluding carboxylic acids is 1. The van der Waals surface area contributed by atoms with E-state index in [1.54, 1.807) is 18.2 Å². The van der Waals surface area contributed by atoms with Crippen LogP contribution in [-0.4, -0.2) is 58.2 Å². The second kappa shape index (κ2) is 10.7. The van der Waals surface area contributed by atoms with Crippen LogP contribution in [0.25, 0.3) is 0 Å². The molecular formula is C28H30O10. The van der Waals surface area contributed by atoms with Gasteiger partial charge in [0.1, 0.15) is 28.9 Å². The Kier molecular flexibility index (Phi) is 7.56. The Morgan fingerprint density at radius 1 is 0.842 bits per heavy atom. The Morgan fingerprint density at radius 3 is 2.24 bits per heavy atom. The number of hydrogen-bond donors (Lipinski definition) is 5. The number of fused-ring (bicyclic) bond motifs is 2. The van der Waals surface area contributed by atoms with Gasteiger partial charge < -0.3 is 44.5 Å². The molecule has 0 spiro atoms. The third-order valence-electron chi connectivity index (χ3n) is 6.53. The van der Waals surface area contributed by atoms with Gasteiger partial charge in [0, 0.05) is 17.7 Å². The molecule has 2 aliphatic heterocycles. The molecule has 4 atom stereocenters. The lowest BCUT2D eigenvalue weighted by atomic mass is 9.87. The number of ketones is 1. The van der Waals surface area contributed by atoms with Crippen molar-refractivity contribution in [3.8, 4) is 40.2 Å². The summed E-state index contributed by atoms with van der Waals surface area (Å²) < 4.78 is 22.2. The van der Waals surface area contributed by atoms with Crippen LogP contribution in [0.2, 0.25) is 0 Å². The monoisotopic (exact) mass is 526 g/mol. The Hall–Kier alpha value is -4.15. The highest BCUT2D eigenvalue weighted by atomic mass is 16.5. The number of hydrogen-bond acceptors (Lipinski definition) is 10. The van der Waals surface area contributed by atoms with E-state index in [9.17, 15) is 30.3 Å². The molecule has 0 fully saturated rings. The van der Waals surface area contributed by atoms with Gasteiger partial charge in [0.15, 0.2) is 35.2 Å². The van der Waals surface area contributed by atoms with Gasteiger partial charge in [-0.2, -0.15) is 0 Å². The minimum Gasteiger partial charge on any atom is -0.507 e. The maximum absolute atomic E-state index is 12.9. The summed E-state index contributed by atoms with van der Waals surface area (Å²) in [7, 11) is 2.81. The summed E-state index contributed by atoms with van der Waals surface area (Å²) in [5, 5.41) is 51.9. The van der Waals surface area contributed by atoms with Crippen molar-refractivity contribution in [2.45, 2.75) is 38.1 Å². The maximum atomic E-state index is 12.9. The average Bonchev–Trinajstić information content (AvgIpc) is 3.30. The standard InChI is InChI=1S/C26H24O10.C2H6/c1-33-13-8-17(29)21-20(9-13)35-25(23(32)22(21)31)12-5-14-15(10-27)24(36-26(14)18(30)6-12)11-3-4-16(28)19(7-11)34-2;1-2/h3-9,15,23-25,27-30,32H,10H2,1-2H3;1-2H3/t15-,23?,24+,25?;/m1./s1. The van der Waals surface area contributed by atoms with Crippen molar-refractivity contribution in [2.75, 3.05) is 20.8 Å². The molecule has 3 aromatic rings. The normalized spacial score (nSPS) is 21.3. The predicted octanol–water partition coefficient (Wildman–Crippen LogP) is 3.73. The third-order valence-corrected chi connectivity index (χ3v) is 6.53. The lowest BCUT2D eigenvalue weighted by molar-refractivity contribution is 0.0209. The molecule has 0 amide bonds. The molecule has 5 N–H and O–H groups in total. The van der Waals surface area contributed by atoms with E-state index < -0.39 is 30.0 Å². The SMILES string of the molecule is CC.COc1cc(O)c2c(c1)OC(c1cc(O)c3c(c1)[C@@H](CO)[C@H](c1ccc(O)c(OC)c1)O3)C(O)C2=O. The van der Waals surface area contributed by atoms with Crippen LogP contribution >= 0.6 is 0 Å². The molecule has 0 saturated carbocycles. The molecule has 0 aliphatic carbocycles. The first-order chi connectivity index (χ1) is 18.3. The highest BCUT2D eigenvalue weighted by Gasteiger charge is 2.42. The van der Waals surface area contributed by atoms with Crippen LogP contribution in [0.5, 0.6) is 40.2 Å². The fourth-order valence-corrected chi connectivity index (χ4v) is 4.74. The molecule has 3 aromatic carbocycles. The molecule has 2 heterocycles. The van der Waals surface area contributed by atoms with Crippen LogP contribution < -0.4 is 18.9 Å². The smallest absolute Gasteiger partial charge is 0.202 e. The lowest BCUT2D eigenvalue weighted by Gasteiger charge is -2.30. The number of benzene rings is 3. The van der Waals surface area contributed by atoms with Crippen LogP contribution in [0, 0.1) is 0 Å². The quantitative estimate of drug-likeness (QED) is 0.332. The Bertz CT molecular complexity index is 1350. The fraction of sp³-hybridized carbons (Fsp3) is 0.321. The van der Waals surface area contributed by atoms with Gasteiger partial charge in [-0.3, -0.25) is 4.79 Å². The molecular weight excluding hydrogens is 496 g/mol. The van der Waals surface area contributed by atoms with E-state index in [0.29, 0.717) is 11.1 Å². The van der Waals surface area contributed by atoms with Crippen LogP contribution in [0.4, 0.5) is 0 Å². The van der Waals surface area contributed by atoms with Crippen molar-refractivity contribution < 1.29 is 49.3 Å². The second-order valence-electron chi connectivity index (χ2n) is 8.58. The van der Waals surface area contributed by atoms with Crippen molar-refractivity contribution in [3.63, 3.8) is 0 Å². The highest BCUT2D eigenvalue weighted by Crippen LogP contribution is 2.52. The van der Waals surface area contributed by atoms with Gasteiger partial charge in [-0.05, 0) is 35.4 Å². The summed E-state index contributed by atoms with van der Waals surface area (Å²) in [5.41, 5.74) is 1.16. The molecule has 5 rings (SSSR count). The molecule has 0 radical (unpaired) electrons. The first kappa shape index (κ1) is 26.9. The summed E-state index contributed by atoms with van der Waals surface area (Å²) >= 11 is 0. The van der Waals surface area contributed by atoms with Gasteiger partial charge in [0.2, 0.25) is 5.78 Å². The Morgan fingerprint density at radius 2 is 1.58 bits per heavy atom. The number of carbonyl (C=O) groups is 1. The van der Waals surface area contributed by atoms with E-state index in [2.05, 4.69) is 0 Å². The van der Waals surface area contributed by atoms with Gasteiger partial charge in [-0.25, -0.2) is 0 Å². The van der Waals surface area contributed by atoms with Crippen molar-refractivity contribution in [2.24, 2.45) is 0 Å². The lowest BCUT2D eigenvalue weighted by Crippen LogP contribution is -2.36. The zero-order valence-corrected chi connectivity index (χ0v) is 21.3. The van der Waals surface area contributed by atoms with Crippen molar-refractivity contribution in [1.82, 2.24) is 0 Å². The van der Waals surface area contributed by atoms with E-state index in [0.717, 1.165) is 0 Å². The van der Waals surface area contributed by atoms with E-state index in [-0.39, 0.29) is 58.0 Å². The number of aromatic hydroxyl groups is 3. The van der Waals surface area contributed by atoms with Crippen molar-refractivity contribution >= 4 is 5.78 Å². The number of phenols is 3. The first-order valence-electron chi connectivity index (χ1n) is 12.1. The molecule has 10 nitrogen and oxygen atoms in total. The number of aliphatic hydroxyl groups excluding tert-OH is 2. The molecule has 202 valence electrons. The van der Waals surface area contributed by atoms with Gasteiger partial charge in [-0.15, -0.1) is 0 Å². The third kappa shape index (κ3) is 4.42. The van der Waals surface area contributed by atoms with Gasteiger partial charge in [0.25, 0.3) is 0 Å². The van der Waals surface area contributed by atoms with Crippen LogP contribution in [0.1, 0.15) is 59.0 Å². The van der Waals surface area contributed by atoms with E-state index in [1.807, 2.05) is 13.8 Å². The number of aliphatic hydroxyl groups is 2. The Balaban J connectivity index is 0.00000164. The van der Waals surface area contributed by atoms with E-state index in [4.69, 9.17) is 18.9 Å². The molecule has 2 aliphatic rings. The number of methoxy groups -OCH3 is 2. The summed E-state index contributed by atoms with van der Waals surface area (Å²) in [6.07, 6.45) is -3.58. The number of Topliss-reactive ketones (excluding diaryl/α,β-unsaturated/α-hetero) is 1.